The molecule has 2 rings (SSSR count). The second kappa shape index (κ2) is 9.34. The number of amides is 1. The third-order valence-electron chi connectivity index (χ3n) is 4.86. The van der Waals surface area contributed by atoms with Crippen molar-refractivity contribution in [2.75, 3.05) is 13.7 Å². The second-order valence-corrected chi connectivity index (χ2v) is 6.72. The molecule has 2 fully saturated rings. The Balaban J connectivity index is 2.26. The highest BCUT2D eigenvalue weighted by Crippen LogP contribution is 2.30. The van der Waals surface area contributed by atoms with Crippen LogP contribution < -0.4 is 5.32 Å². The number of hydrogen-bond acceptors (Lipinski definition) is 10. The van der Waals surface area contributed by atoms with Crippen LogP contribution in [0.3, 0.4) is 0 Å². The third-order valence-corrected chi connectivity index (χ3v) is 4.86. The molecule has 10 atom stereocenters. The van der Waals surface area contributed by atoms with Crippen molar-refractivity contribution in [3.63, 3.8) is 0 Å². The van der Waals surface area contributed by atoms with Gasteiger partial charge in [0.05, 0.1) is 12.7 Å². The first-order chi connectivity index (χ1) is 12.7. The van der Waals surface area contributed by atoms with Crippen LogP contribution in [0.5, 0.6) is 0 Å². The van der Waals surface area contributed by atoms with Gasteiger partial charge in [-0.1, -0.05) is 6.92 Å². The summed E-state index contributed by atoms with van der Waals surface area (Å²) in [5, 5.41) is 42.8. The Kier molecular flexibility index (Phi) is 7.65. The van der Waals surface area contributed by atoms with Crippen LogP contribution in [0.1, 0.15) is 13.8 Å². The van der Waals surface area contributed by atoms with E-state index < -0.39 is 73.7 Å². The molecule has 2 heterocycles. The van der Waals surface area contributed by atoms with Gasteiger partial charge in [-0.25, -0.2) is 0 Å². The fourth-order valence-electron chi connectivity index (χ4n) is 3.27. The summed E-state index contributed by atoms with van der Waals surface area (Å²) in [4.78, 5) is 22.7. The van der Waals surface area contributed by atoms with Gasteiger partial charge in [-0.3, -0.25) is 4.79 Å². The minimum Gasteiger partial charge on any atom is -0.394 e. The minimum absolute atomic E-state index is 0.460. The smallest absolute Gasteiger partial charge is 0.217 e. The van der Waals surface area contributed by atoms with E-state index in [4.69, 9.17) is 18.9 Å². The summed E-state index contributed by atoms with van der Waals surface area (Å²) in [5.41, 5.74) is 0. The van der Waals surface area contributed by atoms with Crippen LogP contribution in [0.15, 0.2) is 0 Å². The van der Waals surface area contributed by atoms with E-state index in [1.54, 1.807) is 0 Å². The van der Waals surface area contributed by atoms with Crippen LogP contribution in [0, 0.1) is 5.92 Å². The Morgan fingerprint density at radius 2 is 1.81 bits per heavy atom. The maximum atomic E-state index is 11.6. The van der Waals surface area contributed by atoms with Crippen molar-refractivity contribution < 1.29 is 49.0 Å². The number of hydrogen-bond donors (Lipinski definition) is 5. The molecule has 0 radical (unpaired) electrons. The summed E-state index contributed by atoms with van der Waals surface area (Å²) < 4.78 is 21.6. The van der Waals surface area contributed by atoms with Crippen LogP contribution in [0.25, 0.3) is 0 Å². The van der Waals surface area contributed by atoms with E-state index in [0.29, 0.717) is 6.29 Å². The number of aldehydes is 1. The van der Waals surface area contributed by atoms with Gasteiger partial charge >= 0.3 is 0 Å². The summed E-state index contributed by atoms with van der Waals surface area (Å²) in [6.07, 6.45) is -9.61. The first kappa shape index (κ1) is 22.1. The molecule has 2 aliphatic rings. The van der Waals surface area contributed by atoms with Crippen LogP contribution in [0.2, 0.25) is 0 Å². The molecule has 1 amide bonds. The SMILES string of the molecule is CO[C@@H]1OC(CO)[C@@H](O)C(O[C@@H]2OC(C=O)C(C)C(O)C2O)C1NC(C)=O. The van der Waals surface area contributed by atoms with Gasteiger partial charge in [-0.2, -0.15) is 0 Å². The zero-order valence-corrected chi connectivity index (χ0v) is 15.3. The maximum Gasteiger partial charge on any atom is 0.217 e. The molecule has 2 aliphatic heterocycles. The predicted octanol–water partition coefficient (Wildman–Crippen LogP) is -3.12. The van der Waals surface area contributed by atoms with Crippen molar-refractivity contribution in [3.05, 3.63) is 0 Å². The number of aliphatic hydroxyl groups is 4. The summed E-state index contributed by atoms with van der Waals surface area (Å²) in [6.45, 7) is 2.22. The number of carbonyl (C=O) groups excluding carboxylic acids is 2. The van der Waals surface area contributed by atoms with Gasteiger partial charge in [0.2, 0.25) is 5.91 Å². The Bertz CT molecular complexity index is 519. The molecule has 0 saturated carbocycles. The molecule has 11 nitrogen and oxygen atoms in total. The molecule has 156 valence electrons. The lowest BCUT2D eigenvalue weighted by molar-refractivity contribution is -0.330. The number of aliphatic hydroxyl groups excluding tert-OH is 4. The molecule has 0 aromatic heterocycles. The topological polar surface area (TPSA) is 164 Å². The molecule has 11 heteroatoms. The largest absolute Gasteiger partial charge is 0.394 e. The van der Waals surface area contributed by atoms with E-state index in [1.807, 2.05) is 0 Å². The average Bonchev–Trinajstić information content (AvgIpc) is 2.64. The summed E-state index contributed by atoms with van der Waals surface area (Å²) in [7, 11) is 1.31. The van der Waals surface area contributed by atoms with Gasteiger partial charge in [0.15, 0.2) is 12.6 Å². The van der Waals surface area contributed by atoms with E-state index in [0.717, 1.165) is 0 Å². The fraction of sp³-hybridized carbons (Fsp3) is 0.875. The second-order valence-electron chi connectivity index (χ2n) is 6.72. The zero-order chi connectivity index (χ0) is 20.3. The van der Waals surface area contributed by atoms with Gasteiger partial charge in [0.25, 0.3) is 0 Å². The molecule has 5 N–H and O–H groups in total. The van der Waals surface area contributed by atoms with Crippen LogP contribution in [0.4, 0.5) is 0 Å². The van der Waals surface area contributed by atoms with Crippen molar-refractivity contribution in [1.82, 2.24) is 5.32 Å². The number of carbonyl (C=O) groups is 2. The maximum absolute atomic E-state index is 11.6. The lowest BCUT2D eigenvalue weighted by Gasteiger charge is -2.47. The standard InChI is InChI=1S/C16H27NO10/c1-6-8(4-18)25-16(13(23)11(6)21)27-14-10(17-7(2)20)15(24-3)26-9(5-19)12(14)22/h4,6,8-16,19,21-23H,5H2,1-3H3,(H,17,20)/t6?,8?,9?,10?,11?,12-,13?,14?,15-,16+/m1/s1. The van der Waals surface area contributed by atoms with Gasteiger partial charge in [-0.15, -0.1) is 0 Å². The van der Waals surface area contributed by atoms with Gasteiger partial charge < -0.3 is 49.5 Å². The van der Waals surface area contributed by atoms with E-state index in [1.165, 1.54) is 21.0 Å². The highest BCUT2D eigenvalue weighted by atomic mass is 16.7. The monoisotopic (exact) mass is 393 g/mol. The molecular formula is C16H27NO10. The molecular weight excluding hydrogens is 366 g/mol. The highest BCUT2D eigenvalue weighted by Gasteiger charge is 2.50. The Morgan fingerprint density at radius 1 is 1.15 bits per heavy atom. The first-order valence-electron chi connectivity index (χ1n) is 8.61. The quantitative estimate of drug-likeness (QED) is 0.292. The van der Waals surface area contributed by atoms with Crippen LogP contribution in [-0.2, 0) is 28.5 Å². The summed E-state index contributed by atoms with van der Waals surface area (Å²) >= 11 is 0. The lowest BCUT2D eigenvalue weighted by Crippen LogP contribution is -2.67. The molecule has 0 aliphatic carbocycles. The Labute approximate surface area is 156 Å². The van der Waals surface area contributed by atoms with Gasteiger partial charge in [0.1, 0.15) is 42.8 Å². The van der Waals surface area contributed by atoms with Crippen LogP contribution in [-0.4, -0.2) is 102 Å². The number of ether oxygens (including phenoxy) is 4. The normalized spacial score (nSPS) is 45.3. The predicted molar refractivity (Wildman–Crippen MR) is 87.1 cm³/mol. The molecule has 0 aromatic rings. The minimum atomic E-state index is -1.50. The molecule has 27 heavy (non-hydrogen) atoms. The van der Waals surface area contributed by atoms with E-state index in [9.17, 15) is 30.0 Å². The van der Waals surface area contributed by atoms with Crippen LogP contribution >= 0.6 is 0 Å². The van der Waals surface area contributed by atoms with Crippen molar-refractivity contribution in [3.8, 4) is 0 Å². The summed E-state index contributed by atoms with van der Waals surface area (Å²) in [6, 6.07) is -1.01. The Hall–Kier alpha value is -1.18. The number of rotatable bonds is 6. The van der Waals surface area contributed by atoms with E-state index in [-0.39, 0.29) is 0 Å². The average molecular weight is 393 g/mol. The molecule has 0 spiro atoms. The van der Waals surface area contributed by atoms with E-state index in [2.05, 4.69) is 5.32 Å². The summed E-state index contributed by atoms with van der Waals surface area (Å²) in [5.74, 6) is -1.13. The zero-order valence-electron chi connectivity index (χ0n) is 15.3. The van der Waals surface area contributed by atoms with Crippen molar-refractivity contribution in [1.29, 1.82) is 0 Å². The number of methoxy groups -OCH3 is 1. The fourth-order valence-corrected chi connectivity index (χ4v) is 3.27. The molecule has 2 saturated heterocycles. The van der Waals surface area contributed by atoms with Crippen molar-refractivity contribution in [2.24, 2.45) is 5.92 Å². The molecule has 0 aromatic carbocycles. The van der Waals surface area contributed by atoms with E-state index >= 15 is 0 Å². The molecule has 7 unspecified atom stereocenters. The first-order valence-corrected chi connectivity index (χ1v) is 8.61. The van der Waals surface area contributed by atoms with Crippen molar-refractivity contribution >= 4 is 12.2 Å². The highest BCUT2D eigenvalue weighted by molar-refractivity contribution is 5.73. The lowest BCUT2D eigenvalue weighted by atomic mass is 9.91. The third kappa shape index (κ3) is 4.63. The Morgan fingerprint density at radius 3 is 2.33 bits per heavy atom. The van der Waals surface area contributed by atoms with Gasteiger partial charge in [-0.05, 0) is 0 Å². The van der Waals surface area contributed by atoms with Gasteiger partial charge in [0, 0.05) is 20.0 Å². The molecule has 0 bridgehead atoms. The van der Waals surface area contributed by atoms with Crippen molar-refractivity contribution in [2.45, 2.75) is 69.1 Å². The number of nitrogens with one attached hydrogen (secondary N) is 1.